The number of ether oxygens (including phenoxy) is 1. The zero-order valence-corrected chi connectivity index (χ0v) is 14.0. The highest BCUT2D eigenvalue weighted by Gasteiger charge is 2.36. The van der Waals surface area contributed by atoms with E-state index in [1.807, 2.05) is 29.2 Å². The van der Waals surface area contributed by atoms with Crippen molar-refractivity contribution in [3.8, 4) is 0 Å². The molecule has 2 aliphatic rings. The SMILES string of the molecule is O=C(C1OCCc2ccccc21)N1CCNCC1c1cccc(F)c1. The van der Waals surface area contributed by atoms with E-state index in [1.54, 1.807) is 6.07 Å². The minimum absolute atomic E-state index is 0.0390. The van der Waals surface area contributed by atoms with E-state index >= 15 is 0 Å². The Morgan fingerprint density at radius 2 is 2.08 bits per heavy atom. The molecule has 2 unspecified atom stereocenters. The first-order valence-corrected chi connectivity index (χ1v) is 8.70. The van der Waals surface area contributed by atoms with Crippen LogP contribution < -0.4 is 5.32 Å². The van der Waals surface area contributed by atoms with Crippen molar-refractivity contribution in [3.63, 3.8) is 0 Å². The zero-order valence-electron chi connectivity index (χ0n) is 14.0. The summed E-state index contributed by atoms with van der Waals surface area (Å²) < 4.78 is 19.5. The second kappa shape index (κ2) is 6.94. The highest BCUT2D eigenvalue weighted by atomic mass is 19.1. The number of nitrogens with one attached hydrogen (secondary N) is 1. The normalized spacial score (nSPS) is 23.2. The first-order valence-electron chi connectivity index (χ1n) is 8.70. The van der Waals surface area contributed by atoms with E-state index in [2.05, 4.69) is 11.4 Å². The molecule has 2 aromatic carbocycles. The van der Waals surface area contributed by atoms with Gasteiger partial charge in [-0.1, -0.05) is 36.4 Å². The summed E-state index contributed by atoms with van der Waals surface area (Å²) in [5.41, 5.74) is 2.93. The fraction of sp³-hybridized carbons (Fsp3) is 0.350. The second-order valence-electron chi connectivity index (χ2n) is 6.51. The van der Waals surface area contributed by atoms with Crippen molar-refractivity contribution >= 4 is 5.91 Å². The molecule has 0 bridgehead atoms. The van der Waals surface area contributed by atoms with Crippen molar-refractivity contribution in [1.29, 1.82) is 0 Å². The molecule has 130 valence electrons. The van der Waals surface area contributed by atoms with Gasteiger partial charge in [0.1, 0.15) is 5.82 Å². The predicted molar refractivity (Wildman–Crippen MR) is 92.6 cm³/mol. The van der Waals surface area contributed by atoms with Crippen molar-refractivity contribution in [2.75, 3.05) is 26.2 Å². The number of carbonyl (C=O) groups excluding carboxylic acids is 1. The topological polar surface area (TPSA) is 41.6 Å². The van der Waals surface area contributed by atoms with E-state index in [0.29, 0.717) is 19.7 Å². The Morgan fingerprint density at radius 1 is 1.20 bits per heavy atom. The van der Waals surface area contributed by atoms with Crippen molar-refractivity contribution in [2.24, 2.45) is 0 Å². The minimum Gasteiger partial charge on any atom is -0.363 e. The molecule has 1 saturated heterocycles. The molecule has 0 radical (unpaired) electrons. The number of rotatable bonds is 2. The van der Waals surface area contributed by atoms with Gasteiger partial charge in [-0.2, -0.15) is 0 Å². The number of benzene rings is 2. The van der Waals surface area contributed by atoms with Crippen molar-refractivity contribution in [3.05, 3.63) is 71.0 Å². The van der Waals surface area contributed by atoms with E-state index in [-0.39, 0.29) is 17.8 Å². The lowest BCUT2D eigenvalue weighted by molar-refractivity contribution is -0.148. The molecule has 5 heteroatoms. The third kappa shape index (κ3) is 3.17. The van der Waals surface area contributed by atoms with E-state index in [9.17, 15) is 9.18 Å². The molecule has 2 atom stereocenters. The molecule has 0 aromatic heterocycles. The molecular weight excluding hydrogens is 319 g/mol. The Bertz CT molecular complexity index is 780. The Labute approximate surface area is 146 Å². The lowest BCUT2D eigenvalue weighted by Gasteiger charge is -2.39. The van der Waals surface area contributed by atoms with Gasteiger partial charge >= 0.3 is 0 Å². The van der Waals surface area contributed by atoms with Crippen LogP contribution in [0.15, 0.2) is 48.5 Å². The van der Waals surface area contributed by atoms with Gasteiger partial charge in [0.15, 0.2) is 6.10 Å². The standard InChI is InChI=1S/C20H21FN2O2/c21-16-6-3-5-15(12-16)18-13-22-9-10-23(18)20(24)19-17-7-2-1-4-14(17)8-11-25-19/h1-7,12,18-19,22H,8-11,13H2. The quantitative estimate of drug-likeness (QED) is 0.914. The largest absolute Gasteiger partial charge is 0.363 e. The van der Waals surface area contributed by atoms with Crippen molar-refractivity contribution in [2.45, 2.75) is 18.6 Å². The summed E-state index contributed by atoms with van der Waals surface area (Å²) in [6, 6.07) is 14.3. The van der Waals surface area contributed by atoms with Crippen LogP contribution in [0, 0.1) is 5.82 Å². The monoisotopic (exact) mass is 340 g/mol. The highest BCUT2D eigenvalue weighted by molar-refractivity contribution is 5.83. The van der Waals surface area contributed by atoms with E-state index < -0.39 is 6.10 Å². The molecule has 4 nitrogen and oxygen atoms in total. The average molecular weight is 340 g/mol. The van der Waals surface area contributed by atoms with Gasteiger partial charge in [0, 0.05) is 19.6 Å². The average Bonchev–Trinajstić information content (AvgIpc) is 2.67. The van der Waals surface area contributed by atoms with Crippen LogP contribution in [0.4, 0.5) is 4.39 Å². The van der Waals surface area contributed by atoms with Gasteiger partial charge < -0.3 is 15.0 Å². The van der Waals surface area contributed by atoms with Gasteiger partial charge in [-0.05, 0) is 35.2 Å². The van der Waals surface area contributed by atoms with E-state index in [0.717, 1.165) is 24.1 Å². The van der Waals surface area contributed by atoms with Crippen LogP contribution in [0.25, 0.3) is 0 Å². The van der Waals surface area contributed by atoms with Gasteiger partial charge in [-0.15, -0.1) is 0 Å². The maximum absolute atomic E-state index is 13.7. The Hall–Kier alpha value is -2.24. The van der Waals surface area contributed by atoms with Crippen LogP contribution in [-0.2, 0) is 16.0 Å². The lowest BCUT2D eigenvalue weighted by atomic mass is 9.95. The van der Waals surface area contributed by atoms with Crippen LogP contribution in [0.3, 0.4) is 0 Å². The van der Waals surface area contributed by atoms with Crippen LogP contribution in [0.5, 0.6) is 0 Å². The summed E-state index contributed by atoms with van der Waals surface area (Å²) in [6.45, 7) is 2.47. The molecule has 2 aromatic rings. The maximum Gasteiger partial charge on any atom is 0.256 e. The third-order valence-electron chi connectivity index (χ3n) is 4.98. The molecule has 1 amide bonds. The molecule has 0 spiro atoms. The summed E-state index contributed by atoms with van der Waals surface area (Å²) in [6.07, 6.45) is 0.258. The summed E-state index contributed by atoms with van der Waals surface area (Å²) >= 11 is 0. The number of piperazine rings is 1. The Balaban J connectivity index is 1.64. The van der Waals surface area contributed by atoms with Crippen LogP contribution in [0.2, 0.25) is 0 Å². The van der Waals surface area contributed by atoms with Crippen LogP contribution in [-0.4, -0.2) is 37.0 Å². The summed E-state index contributed by atoms with van der Waals surface area (Å²) in [5.74, 6) is -0.322. The van der Waals surface area contributed by atoms with Crippen molar-refractivity contribution in [1.82, 2.24) is 10.2 Å². The Morgan fingerprint density at radius 3 is 2.96 bits per heavy atom. The van der Waals surface area contributed by atoms with Crippen LogP contribution >= 0.6 is 0 Å². The van der Waals surface area contributed by atoms with Gasteiger partial charge in [0.2, 0.25) is 0 Å². The Kier molecular flexibility index (Phi) is 4.51. The summed E-state index contributed by atoms with van der Waals surface area (Å²) in [4.78, 5) is 15.1. The van der Waals surface area contributed by atoms with Gasteiger partial charge in [-0.3, -0.25) is 4.79 Å². The molecule has 2 heterocycles. The number of halogens is 1. The third-order valence-corrected chi connectivity index (χ3v) is 4.98. The molecule has 0 aliphatic carbocycles. The van der Waals surface area contributed by atoms with E-state index in [4.69, 9.17) is 4.74 Å². The number of carbonyl (C=O) groups is 1. The fourth-order valence-corrected chi connectivity index (χ4v) is 3.73. The summed E-state index contributed by atoms with van der Waals surface area (Å²) in [5, 5.41) is 3.30. The number of amides is 1. The molecule has 1 N–H and O–H groups in total. The predicted octanol–water partition coefficient (Wildman–Crippen LogP) is 2.61. The van der Waals surface area contributed by atoms with Gasteiger partial charge in [-0.25, -0.2) is 4.39 Å². The zero-order chi connectivity index (χ0) is 17.2. The number of hydrogen-bond donors (Lipinski definition) is 1. The smallest absolute Gasteiger partial charge is 0.256 e. The maximum atomic E-state index is 13.7. The van der Waals surface area contributed by atoms with Gasteiger partial charge in [0.05, 0.1) is 12.6 Å². The second-order valence-corrected chi connectivity index (χ2v) is 6.51. The van der Waals surface area contributed by atoms with Crippen molar-refractivity contribution < 1.29 is 13.9 Å². The van der Waals surface area contributed by atoms with Gasteiger partial charge in [0.25, 0.3) is 5.91 Å². The fourth-order valence-electron chi connectivity index (χ4n) is 3.73. The number of fused-ring (bicyclic) bond motifs is 1. The number of hydrogen-bond acceptors (Lipinski definition) is 3. The molecule has 0 saturated carbocycles. The molecule has 25 heavy (non-hydrogen) atoms. The highest BCUT2D eigenvalue weighted by Crippen LogP contribution is 2.32. The summed E-state index contributed by atoms with van der Waals surface area (Å²) in [7, 11) is 0. The van der Waals surface area contributed by atoms with Crippen LogP contribution in [0.1, 0.15) is 28.8 Å². The number of nitrogens with zero attached hydrogens (tertiary/aromatic N) is 1. The minimum atomic E-state index is -0.570. The van der Waals surface area contributed by atoms with E-state index in [1.165, 1.54) is 17.7 Å². The molecule has 2 aliphatic heterocycles. The first-order chi connectivity index (χ1) is 12.2. The first kappa shape index (κ1) is 16.2. The lowest BCUT2D eigenvalue weighted by Crippen LogP contribution is -2.50. The molecule has 1 fully saturated rings. The molecule has 4 rings (SSSR count). The molecular formula is C20H21FN2O2.